The Labute approximate surface area is 159 Å². The van der Waals surface area contributed by atoms with Crippen molar-refractivity contribution in [2.45, 2.75) is 26.2 Å². The second-order valence-corrected chi connectivity index (χ2v) is 6.26. The molecular weight excluding hydrogens is 381 g/mol. The summed E-state index contributed by atoms with van der Waals surface area (Å²) >= 11 is 0.948. The average molecular weight is 402 g/mol. The molecule has 2 aromatic rings. The van der Waals surface area contributed by atoms with Crippen LogP contribution in [0.4, 0.5) is 13.2 Å². The van der Waals surface area contributed by atoms with Gasteiger partial charge in [-0.05, 0) is 24.6 Å². The SMILES string of the molecule is CCOc1cc(CNC(=NC)NCc2nc(C(F)(F)F)cs2)ccc1OC. The zero-order valence-corrected chi connectivity index (χ0v) is 16.0. The van der Waals surface area contributed by atoms with Gasteiger partial charge in [-0.15, -0.1) is 11.3 Å². The van der Waals surface area contributed by atoms with Crippen molar-refractivity contribution in [3.8, 4) is 11.5 Å². The topological polar surface area (TPSA) is 67.8 Å². The van der Waals surface area contributed by atoms with Crippen LogP contribution in [0, 0.1) is 0 Å². The highest BCUT2D eigenvalue weighted by atomic mass is 32.1. The number of halogens is 3. The Morgan fingerprint density at radius 1 is 1.22 bits per heavy atom. The lowest BCUT2D eigenvalue weighted by atomic mass is 10.2. The molecule has 0 fully saturated rings. The third kappa shape index (κ3) is 6.02. The lowest BCUT2D eigenvalue weighted by molar-refractivity contribution is -0.140. The van der Waals surface area contributed by atoms with Crippen molar-refractivity contribution in [1.29, 1.82) is 0 Å². The molecule has 0 amide bonds. The zero-order chi connectivity index (χ0) is 19.9. The average Bonchev–Trinajstić information content (AvgIpc) is 3.12. The van der Waals surface area contributed by atoms with Crippen molar-refractivity contribution < 1.29 is 22.6 Å². The molecule has 1 aromatic carbocycles. The van der Waals surface area contributed by atoms with Gasteiger partial charge in [-0.25, -0.2) is 4.98 Å². The molecule has 0 spiro atoms. The molecular formula is C17H21F3N4O2S. The summed E-state index contributed by atoms with van der Waals surface area (Å²) < 4.78 is 48.5. The second-order valence-electron chi connectivity index (χ2n) is 5.32. The first-order valence-corrected chi connectivity index (χ1v) is 9.01. The Hall–Kier alpha value is -2.49. The molecule has 10 heteroatoms. The van der Waals surface area contributed by atoms with Gasteiger partial charge in [0.2, 0.25) is 0 Å². The summed E-state index contributed by atoms with van der Waals surface area (Å²) in [6.45, 7) is 3.01. The van der Waals surface area contributed by atoms with Gasteiger partial charge in [0.25, 0.3) is 0 Å². The Morgan fingerprint density at radius 3 is 2.56 bits per heavy atom. The first-order valence-electron chi connectivity index (χ1n) is 8.13. The summed E-state index contributed by atoms with van der Waals surface area (Å²) in [6, 6.07) is 5.56. The number of guanidine groups is 1. The highest BCUT2D eigenvalue weighted by Crippen LogP contribution is 2.30. The fraction of sp³-hybridized carbons (Fsp3) is 0.412. The van der Waals surface area contributed by atoms with Gasteiger partial charge >= 0.3 is 6.18 Å². The highest BCUT2D eigenvalue weighted by molar-refractivity contribution is 7.09. The number of hydrogen-bond donors (Lipinski definition) is 2. The third-order valence-corrected chi connectivity index (χ3v) is 4.31. The summed E-state index contributed by atoms with van der Waals surface area (Å²) in [5, 5.41) is 7.37. The smallest absolute Gasteiger partial charge is 0.434 e. The number of nitrogens with zero attached hydrogens (tertiary/aromatic N) is 2. The van der Waals surface area contributed by atoms with Crippen molar-refractivity contribution >= 4 is 17.3 Å². The number of thiazole rings is 1. The van der Waals surface area contributed by atoms with Crippen LogP contribution in [-0.4, -0.2) is 31.7 Å². The first-order chi connectivity index (χ1) is 12.9. The van der Waals surface area contributed by atoms with E-state index < -0.39 is 11.9 Å². The minimum atomic E-state index is -4.43. The number of aliphatic imine (C=N–C) groups is 1. The van der Waals surface area contributed by atoms with Crippen molar-refractivity contribution in [3.63, 3.8) is 0 Å². The lowest BCUT2D eigenvalue weighted by Crippen LogP contribution is -2.36. The minimum absolute atomic E-state index is 0.146. The third-order valence-electron chi connectivity index (χ3n) is 3.46. The molecule has 0 unspecified atom stereocenters. The number of methoxy groups -OCH3 is 1. The molecule has 27 heavy (non-hydrogen) atoms. The molecule has 0 atom stereocenters. The molecule has 2 N–H and O–H groups in total. The van der Waals surface area contributed by atoms with Crippen LogP contribution in [0.3, 0.4) is 0 Å². The van der Waals surface area contributed by atoms with Crippen LogP contribution in [0.25, 0.3) is 0 Å². The minimum Gasteiger partial charge on any atom is -0.493 e. The summed E-state index contributed by atoms with van der Waals surface area (Å²) in [5.74, 6) is 1.74. The van der Waals surface area contributed by atoms with Crippen molar-refractivity contribution in [1.82, 2.24) is 15.6 Å². The van der Waals surface area contributed by atoms with E-state index in [1.165, 1.54) is 0 Å². The molecule has 1 aromatic heterocycles. The number of rotatable bonds is 7. The first kappa shape index (κ1) is 20.8. The van der Waals surface area contributed by atoms with Gasteiger partial charge in [0.1, 0.15) is 5.01 Å². The molecule has 0 saturated heterocycles. The Balaban J connectivity index is 1.92. The van der Waals surface area contributed by atoms with Crippen LogP contribution < -0.4 is 20.1 Å². The highest BCUT2D eigenvalue weighted by Gasteiger charge is 2.33. The summed E-state index contributed by atoms with van der Waals surface area (Å²) in [5.41, 5.74) is 0.0599. The maximum Gasteiger partial charge on any atom is 0.434 e. The molecule has 0 bridgehead atoms. The van der Waals surface area contributed by atoms with Gasteiger partial charge in [0.15, 0.2) is 23.2 Å². The van der Waals surface area contributed by atoms with E-state index in [4.69, 9.17) is 9.47 Å². The second kappa shape index (κ2) is 9.45. The quantitative estimate of drug-likeness (QED) is 0.549. The molecule has 0 aliphatic rings. The Kier molecular flexibility index (Phi) is 7.28. The van der Waals surface area contributed by atoms with Gasteiger partial charge in [-0.3, -0.25) is 4.99 Å². The monoisotopic (exact) mass is 402 g/mol. The van der Waals surface area contributed by atoms with Crippen molar-refractivity contribution in [2.24, 2.45) is 4.99 Å². The van der Waals surface area contributed by atoms with Gasteiger partial charge in [0.05, 0.1) is 20.3 Å². The van der Waals surface area contributed by atoms with Crippen LogP contribution in [0.15, 0.2) is 28.6 Å². The molecule has 2 rings (SSSR count). The normalized spacial score (nSPS) is 12.0. The van der Waals surface area contributed by atoms with Crippen LogP contribution in [0.1, 0.15) is 23.2 Å². The number of nitrogens with one attached hydrogen (secondary N) is 2. The number of benzene rings is 1. The molecule has 0 aliphatic heterocycles. The van der Waals surface area contributed by atoms with E-state index in [-0.39, 0.29) is 6.54 Å². The Bertz CT molecular complexity index is 778. The van der Waals surface area contributed by atoms with E-state index in [0.29, 0.717) is 35.6 Å². The predicted octanol–water partition coefficient (Wildman–Crippen LogP) is 3.43. The van der Waals surface area contributed by atoms with E-state index in [2.05, 4.69) is 20.6 Å². The van der Waals surface area contributed by atoms with Crippen LogP contribution in [-0.2, 0) is 19.3 Å². The maximum absolute atomic E-state index is 12.6. The zero-order valence-electron chi connectivity index (χ0n) is 15.2. The summed E-state index contributed by atoms with van der Waals surface area (Å²) in [6.07, 6.45) is -4.43. The fourth-order valence-electron chi connectivity index (χ4n) is 2.19. The number of aromatic nitrogens is 1. The van der Waals surface area contributed by atoms with Crippen molar-refractivity contribution in [2.75, 3.05) is 20.8 Å². The fourth-order valence-corrected chi connectivity index (χ4v) is 2.93. The molecule has 0 saturated carbocycles. The Morgan fingerprint density at radius 2 is 1.96 bits per heavy atom. The van der Waals surface area contributed by atoms with E-state index in [0.717, 1.165) is 22.3 Å². The van der Waals surface area contributed by atoms with Crippen LogP contribution in [0.5, 0.6) is 11.5 Å². The van der Waals surface area contributed by atoms with E-state index in [1.807, 2.05) is 25.1 Å². The van der Waals surface area contributed by atoms with Gasteiger partial charge in [0, 0.05) is 19.0 Å². The maximum atomic E-state index is 12.6. The van der Waals surface area contributed by atoms with Crippen LogP contribution in [0.2, 0.25) is 0 Å². The predicted molar refractivity (Wildman–Crippen MR) is 98.3 cm³/mol. The number of ether oxygens (including phenoxy) is 2. The molecule has 1 heterocycles. The van der Waals surface area contributed by atoms with E-state index in [9.17, 15) is 13.2 Å². The van der Waals surface area contributed by atoms with Gasteiger partial charge in [-0.1, -0.05) is 6.07 Å². The molecule has 6 nitrogen and oxygen atoms in total. The molecule has 148 valence electrons. The van der Waals surface area contributed by atoms with E-state index in [1.54, 1.807) is 14.2 Å². The number of hydrogen-bond acceptors (Lipinski definition) is 5. The molecule has 0 radical (unpaired) electrons. The standard InChI is InChI=1S/C17H21F3N4O2S/c1-4-26-13-7-11(5-6-12(13)25-3)8-22-16(21-2)23-9-15-24-14(10-27-15)17(18,19)20/h5-7,10H,4,8-9H2,1-3H3,(H2,21,22,23). The number of alkyl halides is 3. The van der Waals surface area contributed by atoms with Crippen molar-refractivity contribution in [3.05, 3.63) is 39.8 Å². The van der Waals surface area contributed by atoms with Crippen LogP contribution >= 0.6 is 11.3 Å². The largest absolute Gasteiger partial charge is 0.493 e. The lowest BCUT2D eigenvalue weighted by Gasteiger charge is -2.13. The summed E-state index contributed by atoms with van der Waals surface area (Å²) in [7, 11) is 3.16. The van der Waals surface area contributed by atoms with E-state index >= 15 is 0 Å². The molecule has 0 aliphatic carbocycles. The van der Waals surface area contributed by atoms with Gasteiger partial charge in [-0.2, -0.15) is 13.2 Å². The summed E-state index contributed by atoms with van der Waals surface area (Å²) in [4.78, 5) is 7.63. The van der Waals surface area contributed by atoms with Gasteiger partial charge < -0.3 is 20.1 Å².